The largest absolute Gasteiger partial charge is 0.396 e. The number of aliphatic hydroxyl groups excluding tert-OH is 2. The van der Waals surface area contributed by atoms with E-state index in [2.05, 4.69) is 27.7 Å². The summed E-state index contributed by atoms with van der Waals surface area (Å²) in [6.45, 7) is 9.11. The molecule has 2 heteroatoms. The molecular formula is C12H28O2. The molecule has 0 aliphatic carbocycles. The van der Waals surface area contributed by atoms with E-state index in [4.69, 9.17) is 10.2 Å². The highest BCUT2D eigenvalue weighted by Crippen LogP contribution is 2.04. The van der Waals surface area contributed by atoms with Gasteiger partial charge in [0.05, 0.1) is 0 Å². The molecule has 0 aliphatic heterocycles. The zero-order chi connectivity index (χ0) is 11.4. The Kier molecular flexibility index (Phi) is 15.1. The molecular weight excluding hydrogens is 176 g/mol. The molecule has 14 heavy (non-hydrogen) atoms. The van der Waals surface area contributed by atoms with E-state index in [0.29, 0.717) is 25.0 Å². The van der Waals surface area contributed by atoms with Gasteiger partial charge in [0.25, 0.3) is 0 Å². The van der Waals surface area contributed by atoms with Gasteiger partial charge in [-0.25, -0.2) is 0 Å². The summed E-state index contributed by atoms with van der Waals surface area (Å²) in [5.74, 6) is 1.08. The third-order valence-electron chi connectivity index (χ3n) is 2.83. The number of hydrogen-bond acceptors (Lipinski definition) is 2. The lowest BCUT2D eigenvalue weighted by Crippen LogP contribution is -2.01. The minimum Gasteiger partial charge on any atom is -0.396 e. The average molecular weight is 204 g/mol. The number of aliphatic hydroxyl groups is 2. The average Bonchev–Trinajstić information content (AvgIpc) is 2.24. The Morgan fingerprint density at radius 1 is 0.643 bits per heavy atom. The summed E-state index contributed by atoms with van der Waals surface area (Å²) in [5.41, 5.74) is 0. The summed E-state index contributed by atoms with van der Waals surface area (Å²) in [5, 5.41) is 17.1. The summed E-state index contributed by atoms with van der Waals surface area (Å²) in [6, 6.07) is 0. The van der Waals surface area contributed by atoms with Crippen LogP contribution in [-0.4, -0.2) is 23.4 Å². The minimum atomic E-state index is 0.354. The third-order valence-corrected chi connectivity index (χ3v) is 2.83. The van der Waals surface area contributed by atoms with E-state index >= 15 is 0 Å². The number of rotatable bonds is 6. The van der Waals surface area contributed by atoms with Gasteiger partial charge in [-0.15, -0.1) is 0 Å². The zero-order valence-corrected chi connectivity index (χ0v) is 10.3. The molecule has 0 aromatic heterocycles. The maximum atomic E-state index is 8.53. The normalized spacial score (nSPS) is 10.3. The molecule has 0 radical (unpaired) electrons. The predicted molar refractivity (Wildman–Crippen MR) is 62.3 cm³/mol. The molecule has 0 aromatic carbocycles. The van der Waals surface area contributed by atoms with Crippen LogP contribution in [0.3, 0.4) is 0 Å². The Hall–Kier alpha value is -0.0800. The summed E-state index contributed by atoms with van der Waals surface area (Å²) in [7, 11) is 0. The van der Waals surface area contributed by atoms with E-state index in [9.17, 15) is 0 Å². The van der Waals surface area contributed by atoms with Crippen molar-refractivity contribution >= 4 is 0 Å². The second kappa shape index (κ2) is 12.9. The first-order valence-corrected chi connectivity index (χ1v) is 5.91. The molecule has 0 atom stereocenters. The van der Waals surface area contributed by atoms with Crippen LogP contribution in [0.1, 0.15) is 53.4 Å². The Bertz CT molecular complexity index is 63.3. The van der Waals surface area contributed by atoms with Gasteiger partial charge in [-0.05, 0) is 11.8 Å². The zero-order valence-electron chi connectivity index (χ0n) is 10.3. The molecule has 2 N–H and O–H groups in total. The first kappa shape index (κ1) is 16.4. The topological polar surface area (TPSA) is 40.5 Å². The highest BCUT2D eigenvalue weighted by atomic mass is 16.3. The smallest absolute Gasteiger partial charge is 0.0459 e. The number of hydrogen-bond donors (Lipinski definition) is 2. The van der Waals surface area contributed by atoms with Gasteiger partial charge in [0, 0.05) is 13.2 Å². The summed E-state index contributed by atoms with van der Waals surface area (Å²) >= 11 is 0. The fourth-order valence-corrected chi connectivity index (χ4v) is 1.09. The van der Waals surface area contributed by atoms with Gasteiger partial charge in [0.1, 0.15) is 0 Å². The fraction of sp³-hybridized carbons (Fsp3) is 1.00. The third kappa shape index (κ3) is 10.0. The predicted octanol–water partition coefficient (Wildman–Crippen LogP) is 2.83. The molecule has 0 rings (SSSR count). The Balaban J connectivity index is 0. The van der Waals surface area contributed by atoms with E-state index in [0.717, 1.165) is 25.7 Å². The molecule has 0 aliphatic rings. The molecule has 88 valence electrons. The van der Waals surface area contributed by atoms with Crippen LogP contribution in [0.4, 0.5) is 0 Å². The van der Waals surface area contributed by atoms with Crippen LogP contribution in [0.15, 0.2) is 0 Å². The van der Waals surface area contributed by atoms with Gasteiger partial charge < -0.3 is 10.2 Å². The second-order valence-electron chi connectivity index (χ2n) is 3.73. The Morgan fingerprint density at radius 3 is 0.857 bits per heavy atom. The fourth-order valence-electron chi connectivity index (χ4n) is 1.09. The van der Waals surface area contributed by atoms with Gasteiger partial charge in [-0.1, -0.05) is 53.4 Å². The Morgan fingerprint density at radius 2 is 0.857 bits per heavy atom. The molecule has 0 bridgehead atoms. The standard InChI is InChI=1S/2C6H14O/c2*1-3-6(4-2)5-7/h2*6-7H,3-5H2,1-2H3. The van der Waals surface area contributed by atoms with E-state index < -0.39 is 0 Å². The Labute approximate surface area is 89.3 Å². The van der Waals surface area contributed by atoms with Crippen molar-refractivity contribution in [3.8, 4) is 0 Å². The molecule has 0 saturated heterocycles. The molecule has 0 saturated carbocycles. The van der Waals surface area contributed by atoms with Crippen molar-refractivity contribution in [1.82, 2.24) is 0 Å². The molecule has 0 heterocycles. The van der Waals surface area contributed by atoms with Gasteiger partial charge >= 0.3 is 0 Å². The summed E-state index contributed by atoms with van der Waals surface area (Å²) in [6.07, 6.45) is 4.42. The molecule has 0 fully saturated rings. The molecule has 0 spiro atoms. The van der Waals surface area contributed by atoms with Crippen molar-refractivity contribution in [3.63, 3.8) is 0 Å². The van der Waals surface area contributed by atoms with E-state index in [1.165, 1.54) is 0 Å². The monoisotopic (exact) mass is 204 g/mol. The maximum absolute atomic E-state index is 8.53. The van der Waals surface area contributed by atoms with Gasteiger partial charge in [-0.2, -0.15) is 0 Å². The van der Waals surface area contributed by atoms with E-state index in [-0.39, 0.29) is 0 Å². The minimum absolute atomic E-state index is 0.354. The molecule has 0 amide bonds. The van der Waals surface area contributed by atoms with Crippen LogP contribution >= 0.6 is 0 Å². The maximum Gasteiger partial charge on any atom is 0.0459 e. The summed E-state index contributed by atoms with van der Waals surface area (Å²) < 4.78 is 0. The van der Waals surface area contributed by atoms with Crippen molar-refractivity contribution < 1.29 is 10.2 Å². The quantitative estimate of drug-likeness (QED) is 0.698. The lowest BCUT2D eigenvalue weighted by molar-refractivity contribution is 0.219. The second-order valence-corrected chi connectivity index (χ2v) is 3.73. The summed E-state index contributed by atoms with van der Waals surface area (Å²) in [4.78, 5) is 0. The lowest BCUT2D eigenvalue weighted by Gasteiger charge is -2.04. The lowest BCUT2D eigenvalue weighted by atomic mass is 10.1. The highest BCUT2D eigenvalue weighted by Gasteiger charge is 1.97. The SMILES string of the molecule is CCC(CC)CO.CCC(CC)CO. The molecule has 0 aromatic rings. The van der Waals surface area contributed by atoms with Crippen LogP contribution in [0.5, 0.6) is 0 Å². The van der Waals surface area contributed by atoms with E-state index in [1.54, 1.807) is 0 Å². The van der Waals surface area contributed by atoms with Crippen LogP contribution in [0.2, 0.25) is 0 Å². The molecule has 2 nitrogen and oxygen atoms in total. The van der Waals surface area contributed by atoms with Crippen LogP contribution in [0.25, 0.3) is 0 Å². The van der Waals surface area contributed by atoms with Crippen molar-refractivity contribution in [2.75, 3.05) is 13.2 Å². The first-order chi connectivity index (χ1) is 6.69. The van der Waals surface area contributed by atoms with Gasteiger partial charge in [0.15, 0.2) is 0 Å². The molecule has 0 unspecified atom stereocenters. The van der Waals surface area contributed by atoms with Crippen LogP contribution in [0, 0.1) is 11.8 Å². The van der Waals surface area contributed by atoms with Crippen LogP contribution in [-0.2, 0) is 0 Å². The highest BCUT2D eigenvalue weighted by molar-refractivity contribution is 4.49. The van der Waals surface area contributed by atoms with E-state index in [1.807, 2.05) is 0 Å². The van der Waals surface area contributed by atoms with Crippen LogP contribution < -0.4 is 0 Å². The van der Waals surface area contributed by atoms with Gasteiger partial charge in [0.2, 0.25) is 0 Å². The van der Waals surface area contributed by atoms with Gasteiger partial charge in [-0.3, -0.25) is 0 Å². The first-order valence-electron chi connectivity index (χ1n) is 5.91. The van der Waals surface area contributed by atoms with Crippen molar-refractivity contribution in [3.05, 3.63) is 0 Å². The van der Waals surface area contributed by atoms with Crippen molar-refractivity contribution in [2.45, 2.75) is 53.4 Å². The van der Waals surface area contributed by atoms with Crippen molar-refractivity contribution in [1.29, 1.82) is 0 Å². The van der Waals surface area contributed by atoms with Crippen molar-refractivity contribution in [2.24, 2.45) is 11.8 Å².